The normalized spacial score (nSPS) is 10.2. The van der Waals surface area contributed by atoms with Crippen LogP contribution in [0, 0.1) is 18.3 Å². The summed E-state index contributed by atoms with van der Waals surface area (Å²) in [5.74, 6) is -0.953. The van der Waals surface area contributed by atoms with Crippen molar-refractivity contribution in [2.24, 2.45) is 0 Å². The highest BCUT2D eigenvalue weighted by Gasteiger charge is 1.98. The molecule has 1 rings (SSSR count). The molecule has 0 heterocycles. The average Bonchev–Trinajstić information content (AvgIpc) is 2.25. The first-order valence-electron chi connectivity index (χ1n) is 5.01. The molecule has 1 aromatic carbocycles. The van der Waals surface area contributed by atoms with Crippen LogP contribution in [-0.2, 0) is 11.2 Å². The van der Waals surface area contributed by atoms with E-state index < -0.39 is 5.97 Å². The smallest absolute Gasteiger partial charge is 0.328 e. The van der Waals surface area contributed by atoms with Crippen molar-refractivity contribution in [3.8, 4) is 6.07 Å². The van der Waals surface area contributed by atoms with E-state index in [1.807, 2.05) is 25.1 Å². The van der Waals surface area contributed by atoms with Crippen LogP contribution in [0.3, 0.4) is 0 Å². The summed E-state index contributed by atoms with van der Waals surface area (Å²) in [5.41, 5.74) is 3.08. The quantitative estimate of drug-likeness (QED) is 0.785. The molecule has 0 aliphatic carbocycles. The minimum absolute atomic E-state index is 0.505. The molecule has 1 aromatic rings. The molecule has 82 valence electrons. The fourth-order valence-electron chi connectivity index (χ4n) is 1.46. The Hall–Kier alpha value is -2.08. The number of carbonyl (C=O) groups is 1. The molecule has 0 spiro atoms. The number of carboxylic acids is 1. The summed E-state index contributed by atoms with van der Waals surface area (Å²) in [6.45, 7) is 1.96. The minimum Gasteiger partial charge on any atom is -0.478 e. The second kappa shape index (κ2) is 5.72. The van der Waals surface area contributed by atoms with Gasteiger partial charge in [0.1, 0.15) is 0 Å². The SMILES string of the molecule is Cc1cc(/C=C/C(=O)O)ccc1CCC#N. The highest BCUT2D eigenvalue weighted by Crippen LogP contribution is 2.14. The number of rotatable bonds is 4. The van der Waals surface area contributed by atoms with Gasteiger partial charge >= 0.3 is 5.97 Å². The molecule has 0 saturated carbocycles. The predicted octanol–water partition coefficient (Wildman–Crippen LogP) is 2.55. The number of nitriles is 1. The van der Waals surface area contributed by atoms with Crippen LogP contribution in [-0.4, -0.2) is 11.1 Å². The summed E-state index contributed by atoms with van der Waals surface area (Å²) in [5, 5.41) is 17.0. The highest BCUT2D eigenvalue weighted by molar-refractivity contribution is 5.85. The van der Waals surface area contributed by atoms with Gasteiger partial charge in [-0.05, 0) is 36.1 Å². The van der Waals surface area contributed by atoms with Gasteiger partial charge in [0.05, 0.1) is 6.07 Å². The van der Waals surface area contributed by atoms with Gasteiger partial charge in [-0.15, -0.1) is 0 Å². The summed E-state index contributed by atoms with van der Waals surface area (Å²) in [6, 6.07) is 7.83. The van der Waals surface area contributed by atoms with Gasteiger partial charge in [0.15, 0.2) is 0 Å². The van der Waals surface area contributed by atoms with Gasteiger partial charge < -0.3 is 5.11 Å². The van der Waals surface area contributed by atoms with Crippen LogP contribution in [0.1, 0.15) is 23.1 Å². The van der Waals surface area contributed by atoms with Crippen molar-refractivity contribution in [2.75, 3.05) is 0 Å². The summed E-state index contributed by atoms with van der Waals surface area (Å²) < 4.78 is 0. The summed E-state index contributed by atoms with van der Waals surface area (Å²) in [4.78, 5) is 10.3. The maximum Gasteiger partial charge on any atom is 0.328 e. The van der Waals surface area contributed by atoms with Crippen molar-refractivity contribution in [2.45, 2.75) is 19.8 Å². The zero-order valence-corrected chi connectivity index (χ0v) is 9.10. The number of hydrogen-bond acceptors (Lipinski definition) is 2. The first kappa shape index (κ1) is 12.0. The van der Waals surface area contributed by atoms with Crippen molar-refractivity contribution < 1.29 is 9.90 Å². The first-order valence-corrected chi connectivity index (χ1v) is 5.01. The molecule has 0 saturated heterocycles. The van der Waals surface area contributed by atoms with Crippen molar-refractivity contribution in [3.63, 3.8) is 0 Å². The van der Waals surface area contributed by atoms with Gasteiger partial charge in [-0.2, -0.15) is 5.26 Å². The second-order valence-electron chi connectivity index (χ2n) is 3.52. The molecule has 1 N–H and O–H groups in total. The minimum atomic E-state index is -0.953. The molecule has 0 radical (unpaired) electrons. The molecule has 0 aliphatic heterocycles. The van der Waals surface area contributed by atoms with Crippen LogP contribution in [0.4, 0.5) is 0 Å². The third-order valence-corrected chi connectivity index (χ3v) is 2.29. The topological polar surface area (TPSA) is 61.1 Å². The third kappa shape index (κ3) is 3.58. The maximum atomic E-state index is 10.3. The van der Waals surface area contributed by atoms with E-state index in [2.05, 4.69) is 6.07 Å². The van der Waals surface area contributed by atoms with Gasteiger partial charge in [0.25, 0.3) is 0 Å². The van der Waals surface area contributed by atoms with Crippen LogP contribution in [0.5, 0.6) is 0 Å². The van der Waals surface area contributed by atoms with Crippen LogP contribution in [0.15, 0.2) is 24.3 Å². The highest BCUT2D eigenvalue weighted by atomic mass is 16.4. The van der Waals surface area contributed by atoms with Gasteiger partial charge in [-0.1, -0.05) is 18.2 Å². The van der Waals surface area contributed by atoms with Gasteiger partial charge in [0.2, 0.25) is 0 Å². The lowest BCUT2D eigenvalue weighted by Gasteiger charge is -2.04. The number of aryl methyl sites for hydroxylation is 2. The van der Waals surface area contributed by atoms with E-state index in [-0.39, 0.29) is 0 Å². The number of nitrogens with zero attached hydrogens (tertiary/aromatic N) is 1. The Bertz CT molecular complexity index is 455. The Labute approximate surface area is 94.6 Å². The van der Waals surface area contributed by atoms with Crippen LogP contribution in [0.2, 0.25) is 0 Å². The van der Waals surface area contributed by atoms with Crippen molar-refractivity contribution in [1.29, 1.82) is 5.26 Å². The zero-order chi connectivity index (χ0) is 12.0. The van der Waals surface area contributed by atoms with E-state index in [4.69, 9.17) is 10.4 Å². The molecule has 0 aliphatic rings. The molecular weight excluding hydrogens is 202 g/mol. The van der Waals surface area contributed by atoms with E-state index >= 15 is 0 Å². The molecule has 3 heteroatoms. The van der Waals surface area contributed by atoms with Crippen LogP contribution in [0.25, 0.3) is 6.08 Å². The average molecular weight is 215 g/mol. The molecule has 3 nitrogen and oxygen atoms in total. The lowest BCUT2D eigenvalue weighted by atomic mass is 10.0. The Balaban J connectivity index is 2.83. The van der Waals surface area contributed by atoms with E-state index in [1.54, 1.807) is 6.08 Å². The van der Waals surface area contributed by atoms with Crippen molar-refractivity contribution in [3.05, 3.63) is 41.0 Å². The molecule has 0 aromatic heterocycles. The molecule has 0 unspecified atom stereocenters. The molecule has 0 fully saturated rings. The first-order chi connectivity index (χ1) is 7.63. The van der Waals surface area contributed by atoms with E-state index in [1.165, 1.54) is 0 Å². The number of hydrogen-bond donors (Lipinski definition) is 1. The number of aliphatic carboxylic acids is 1. The van der Waals surface area contributed by atoms with Crippen molar-refractivity contribution >= 4 is 12.0 Å². The molecule has 16 heavy (non-hydrogen) atoms. The Morgan fingerprint density at radius 2 is 2.31 bits per heavy atom. The Kier molecular flexibility index (Phi) is 4.28. The second-order valence-corrected chi connectivity index (χ2v) is 3.52. The van der Waals surface area contributed by atoms with Gasteiger partial charge in [-0.3, -0.25) is 0 Å². The van der Waals surface area contributed by atoms with Crippen molar-refractivity contribution in [1.82, 2.24) is 0 Å². The molecule has 0 atom stereocenters. The Morgan fingerprint density at radius 1 is 1.56 bits per heavy atom. The van der Waals surface area contributed by atoms with E-state index in [0.29, 0.717) is 6.42 Å². The number of benzene rings is 1. The molecule has 0 bridgehead atoms. The van der Waals surface area contributed by atoms with Crippen LogP contribution < -0.4 is 0 Å². The predicted molar refractivity (Wildman–Crippen MR) is 61.8 cm³/mol. The van der Waals surface area contributed by atoms with E-state index in [0.717, 1.165) is 29.2 Å². The lowest BCUT2D eigenvalue weighted by Crippen LogP contribution is -1.90. The Morgan fingerprint density at radius 3 is 2.88 bits per heavy atom. The summed E-state index contributed by atoms with van der Waals surface area (Å²) in [6.07, 6.45) is 3.92. The standard InChI is InChI=1S/C13H13NO2/c1-10-9-11(5-7-13(15)16)4-6-12(10)3-2-8-14/h4-7,9H,2-3H2,1H3,(H,15,16)/b7-5+. The van der Waals surface area contributed by atoms with Crippen LogP contribution >= 0.6 is 0 Å². The largest absolute Gasteiger partial charge is 0.478 e. The zero-order valence-electron chi connectivity index (χ0n) is 9.10. The number of carboxylic acid groups (broad SMARTS) is 1. The fourth-order valence-corrected chi connectivity index (χ4v) is 1.46. The van der Waals surface area contributed by atoms with Gasteiger partial charge in [-0.25, -0.2) is 4.79 Å². The monoisotopic (exact) mass is 215 g/mol. The maximum absolute atomic E-state index is 10.3. The summed E-state index contributed by atoms with van der Waals surface area (Å²) >= 11 is 0. The fraction of sp³-hybridized carbons (Fsp3) is 0.231. The lowest BCUT2D eigenvalue weighted by molar-refractivity contribution is -0.131. The summed E-state index contributed by atoms with van der Waals surface area (Å²) in [7, 11) is 0. The van der Waals surface area contributed by atoms with Gasteiger partial charge in [0, 0.05) is 12.5 Å². The van der Waals surface area contributed by atoms with E-state index in [9.17, 15) is 4.79 Å². The molecule has 0 amide bonds. The molecular formula is C13H13NO2. The third-order valence-electron chi connectivity index (χ3n) is 2.29.